The summed E-state index contributed by atoms with van der Waals surface area (Å²) in [6.45, 7) is 0.561. The Morgan fingerprint density at radius 1 is 1.13 bits per heavy atom. The molecule has 1 amide bonds. The number of aliphatic hydroxyl groups excluding tert-OH is 1. The number of hydrogen-bond donors (Lipinski definition) is 2. The first-order chi connectivity index (χ1) is 18.0. The van der Waals surface area contributed by atoms with Crippen LogP contribution in [-0.4, -0.2) is 62.6 Å². The van der Waals surface area contributed by atoms with Crippen LogP contribution in [0.1, 0.15) is 22.3 Å². The average Bonchev–Trinajstić information content (AvgIpc) is 2.83. The molecule has 12 heteroatoms. The zero-order valence-corrected chi connectivity index (χ0v) is 23.8. The van der Waals surface area contributed by atoms with E-state index in [0.717, 1.165) is 0 Å². The molecule has 2 heterocycles. The number of carbonyl (C=O) groups excluding carboxylic acids is 1. The zero-order chi connectivity index (χ0) is 27.6. The molecular weight excluding hydrogens is 571 g/mol. The minimum atomic E-state index is -4.06. The van der Waals surface area contributed by atoms with E-state index in [1.807, 2.05) is 19.0 Å². The molecule has 0 spiro atoms. The van der Waals surface area contributed by atoms with Gasteiger partial charge in [0.1, 0.15) is 11.6 Å². The SMILES string of the molecule is CN(C)CC(O)C[C@@H]1Cc2ccc(NC(=O)c3c(Cl)cccc3Cl)nc2N(S(=O)(=O)c2cccc(Cl)c2)C1. The lowest BCUT2D eigenvalue weighted by molar-refractivity contribution is 0.102. The van der Waals surface area contributed by atoms with Gasteiger partial charge in [0.15, 0.2) is 0 Å². The fraction of sp³-hybridized carbons (Fsp3) is 0.308. The van der Waals surface area contributed by atoms with E-state index < -0.39 is 22.0 Å². The van der Waals surface area contributed by atoms with E-state index in [4.69, 9.17) is 34.8 Å². The van der Waals surface area contributed by atoms with Crippen LogP contribution in [0.4, 0.5) is 11.6 Å². The molecule has 0 radical (unpaired) electrons. The van der Waals surface area contributed by atoms with E-state index in [-0.39, 0.29) is 49.6 Å². The van der Waals surface area contributed by atoms with Gasteiger partial charge in [0, 0.05) is 18.1 Å². The molecule has 38 heavy (non-hydrogen) atoms. The molecule has 2 aromatic carbocycles. The number of carbonyl (C=O) groups is 1. The predicted molar refractivity (Wildman–Crippen MR) is 151 cm³/mol. The predicted octanol–water partition coefficient (Wildman–Crippen LogP) is 4.97. The van der Waals surface area contributed by atoms with Crippen molar-refractivity contribution in [2.75, 3.05) is 36.8 Å². The fourth-order valence-corrected chi connectivity index (χ4v) is 6.92. The molecule has 0 saturated carbocycles. The summed E-state index contributed by atoms with van der Waals surface area (Å²) < 4.78 is 28.8. The van der Waals surface area contributed by atoms with Gasteiger partial charge in [-0.15, -0.1) is 0 Å². The summed E-state index contributed by atoms with van der Waals surface area (Å²) in [5.74, 6) is -0.387. The van der Waals surface area contributed by atoms with Gasteiger partial charge in [-0.2, -0.15) is 0 Å². The van der Waals surface area contributed by atoms with Crippen molar-refractivity contribution in [2.45, 2.75) is 23.8 Å². The van der Waals surface area contributed by atoms with Gasteiger partial charge in [0.25, 0.3) is 15.9 Å². The molecular formula is C26H27Cl3N4O4S. The van der Waals surface area contributed by atoms with Crippen molar-refractivity contribution in [3.8, 4) is 0 Å². The topological polar surface area (TPSA) is 103 Å². The Balaban J connectivity index is 1.71. The quantitative estimate of drug-likeness (QED) is 0.380. The fourth-order valence-electron chi connectivity index (χ4n) is 4.52. The van der Waals surface area contributed by atoms with Gasteiger partial charge >= 0.3 is 0 Å². The molecule has 0 aliphatic carbocycles. The Bertz CT molecular complexity index is 1430. The van der Waals surface area contributed by atoms with Crippen LogP contribution in [0, 0.1) is 5.92 Å². The Hall–Kier alpha value is -2.40. The van der Waals surface area contributed by atoms with Crippen molar-refractivity contribution in [2.24, 2.45) is 5.92 Å². The summed E-state index contributed by atoms with van der Waals surface area (Å²) in [4.78, 5) is 19.3. The van der Waals surface area contributed by atoms with Gasteiger partial charge in [0.2, 0.25) is 0 Å². The van der Waals surface area contributed by atoms with Gasteiger partial charge in [-0.3, -0.25) is 4.79 Å². The zero-order valence-electron chi connectivity index (χ0n) is 20.7. The molecule has 1 aliphatic rings. The third kappa shape index (κ3) is 6.42. The summed E-state index contributed by atoms with van der Waals surface area (Å²) in [6, 6.07) is 14.1. The highest BCUT2D eigenvalue weighted by Crippen LogP contribution is 2.36. The second-order valence-corrected chi connectivity index (χ2v) is 12.6. The summed E-state index contributed by atoms with van der Waals surface area (Å²) in [5.41, 5.74) is 0.770. The molecule has 0 bridgehead atoms. The molecule has 3 aromatic rings. The number of amides is 1. The van der Waals surface area contributed by atoms with Crippen molar-refractivity contribution in [3.05, 3.63) is 80.8 Å². The van der Waals surface area contributed by atoms with Crippen LogP contribution in [0.25, 0.3) is 0 Å². The first kappa shape index (κ1) is 28.6. The van der Waals surface area contributed by atoms with E-state index in [2.05, 4.69) is 10.3 Å². The van der Waals surface area contributed by atoms with Crippen molar-refractivity contribution in [3.63, 3.8) is 0 Å². The Kier molecular flexibility index (Phi) is 8.86. The molecule has 1 aliphatic heterocycles. The smallest absolute Gasteiger partial charge is 0.265 e. The van der Waals surface area contributed by atoms with E-state index in [0.29, 0.717) is 24.9 Å². The van der Waals surface area contributed by atoms with Gasteiger partial charge in [-0.05, 0) is 74.8 Å². The first-order valence-electron chi connectivity index (χ1n) is 11.8. The van der Waals surface area contributed by atoms with Crippen LogP contribution < -0.4 is 9.62 Å². The summed E-state index contributed by atoms with van der Waals surface area (Å²) in [7, 11) is -0.329. The lowest BCUT2D eigenvalue weighted by Crippen LogP contribution is -2.42. The highest BCUT2D eigenvalue weighted by atomic mass is 35.5. The Morgan fingerprint density at radius 2 is 1.82 bits per heavy atom. The van der Waals surface area contributed by atoms with Crippen LogP contribution in [0.3, 0.4) is 0 Å². The molecule has 0 saturated heterocycles. The minimum Gasteiger partial charge on any atom is -0.392 e. The molecule has 4 rings (SSSR count). The van der Waals surface area contributed by atoms with Crippen molar-refractivity contribution < 1.29 is 18.3 Å². The lowest BCUT2D eigenvalue weighted by Gasteiger charge is -2.35. The normalized spacial score (nSPS) is 16.3. The van der Waals surface area contributed by atoms with Crippen LogP contribution in [-0.2, 0) is 16.4 Å². The number of nitrogens with zero attached hydrogens (tertiary/aromatic N) is 3. The summed E-state index contributed by atoms with van der Waals surface area (Å²) in [5, 5.41) is 13.9. The first-order valence-corrected chi connectivity index (χ1v) is 14.4. The van der Waals surface area contributed by atoms with Crippen molar-refractivity contribution in [1.82, 2.24) is 9.88 Å². The second-order valence-electron chi connectivity index (χ2n) is 9.45. The Labute approximate surface area is 237 Å². The molecule has 1 unspecified atom stereocenters. The van der Waals surface area contributed by atoms with Crippen LogP contribution in [0.15, 0.2) is 59.5 Å². The molecule has 0 fully saturated rings. The number of anilines is 2. The number of fused-ring (bicyclic) bond motifs is 1. The van der Waals surface area contributed by atoms with Gasteiger partial charge < -0.3 is 15.3 Å². The highest BCUT2D eigenvalue weighted by molar-refractivity contribution is 7.92. The number of sulfonamides is 1. The van der Waals surface area contributed by atoms with E-state index in [1.54, 1.807) is 42.5 Å². The second kappa shape index (κ2) is 11.8. The standard InChI is InChI=1S/C26H27Cl3N4O4S/c1-32(2)15-19(34)12-16-11-17-9-10-23(31-26(35)24-21(28)7-4-8-22(24)29)30-25(17)33(14-16)38(36,37)20-6-3-5-18(27)13-20/h3-10,13,16,19,34H,11-12,14-15H2,1-2H3,(H,30,31,35)/t16-,19?/m0/s1. The molecule has 1 aromatic heterocycles. The Morgan fingerprint density at radius 3 is 2.47 bits per heavy atom. The maximum Gasteiger partial charge on any atom is 0.265 e. The number of hydrogen-bond acceptors (Lipinski definition) is 6. The van der Waals surface area contributed by atoms with Gasteiger partial charge in [-0.1, -0.05) is 53.0 Å². The largest absolute Gasteiger partial charge is 0.392 e. The van der Waals surface area contributed by atoms with Gasteiger partial charge in [0.05, 0.1) is 26.6 Å². The molecule has 2 atom stereocenters. The number of likely N-dealkylation sites (N-methyl/N-ethyl adjacent to an activating group) is 1. The maximum atomic E-state index is 13.8. The number of aliphatic hydroxyl groups is 1. The lowest BCUT2D eigenvalue weighted by atomic mass is 9.91. The monoisotopic (exact) mass is 596 g/mol. The van der Waals surface area contributed by atoms with E-state index >= 15 is 0 Å². The van der Waals surface area contributed by atoms with Crippen LogP contribution in [0.5, 0.6) is 0 Å². The minimum absolute atomic E-state index is 0.0181. The van der Waals surface area contributed by atoms with E-state index in [1.165, 1.54) is 16.4 Å². The molecule has 8 nitrogen and oxygen atoms in total. The summed E-state index contributed by atoms with van der Waals surface area (Å²) >= 11 is 18.4. The number of benzene rings is 2. The third-order valence-electron chi connectivity index (χ3n) is 6.12. The van der Waals surface area contributed by atoms with Crippen LogP contribution in [0.2, 0.25) is 15.1 Å². The molecule has 202 valence electrons. The number of nitrogens with one attached hydrogen (secondary N) is 1. The van der Waals surface area contributed by atoms with Crippen molar-refractivity contribution >= 4 is 62.4 Å². The van der Waals surface area contributed by atoms with Crippen LogP contribution >= 0.6 is 34.8 Å². The number of halogens is 3. The van der Waals surface area contributed by atoms with E-state index in [9.17, 15) is 18.3 Å². The van der Waals surface area contributed by atoms with Crippen molar-refractivity contribution in [1.29, 1.82) is 0 Å². The van der Waals surface area contributed by atoms with Gasteiger partial charge in [-0.25, -0.2) is 17.7 Å². The number of aromatic nitrogens is 1. The third-order valence-corrected chi connectivity index (χ3v) is 8.74. The molecule has 2 N–H and O–H groups in total. The summed E-state index contributed by atoms with van der Waals surface area (Å²) in [6.07, 6.45) is 0.293. The maximum absolute atomic E-state index is 13.8. The number of pyridine rings is 1. The average molecular weight is 598 g/mol. The number of rotatable bonds is 8. The highest BCUT2D eigenvalue weighted by Gasteiger charge is 2.36.